The van der Waals surface area contributed by atoms with E-state index in [1.807, 2.05) is 12.1 Å². The summed E-state index contributed by atoms with van der Waals surface area (Å²) in [5.74, 6) is 2.02. The highest BCUT2D eigenvalue weighted by Crippen LogP contribution is 2.43. The van der Waals surface area contributed by atoms with Gasteiger partial charge >= 0.3 is 0 Å². The molecule has 0 aliphatic carbocycles. The number of hydrogen-bond donors (Lipinski definition) is 1. The van der Waals surface area contributed by atoms with Gasteiger partial charge in [0, 0.05) is 25.1 Å². The number of carbonyl (C=O) groups excluding carboxylic acids is 1. The van der Waals surface area contributed by atoms with E-state index in [4.69, 9.17) is 14.2 Å². The predicted octanol–water partition coefficient (Wildman–Crippen LogP) is 3.81. The number of piperidine rings is 1. The Kier molecular flexibility index (Phi) is 9.41. The zero-order chi connectivity index (χ0) is 22.3. The molecular formula is C26H35ClN2O4. The van der Waals surface area contributed by atoms with Crippen molar-refractivity contribution < 1.29 is 19.0 Å². The molecule has 0 bridgehead atoms. The quantitative estimate of drug-likeness (QED) is 0.560. The maximum atomic E-state index is 10.9. The Morgan fingerprint density at radius 3 is 2.52 bits per heavy atom. The maximum absolute atomic E-state index is 10.9. The number of benzene rings is 2. The van der Waals surface area contributed by atoms with Gasteiger partial charge in [0.25, 0.3) is 0 Å². The third kappa shape index (κ3) is 5.99. The number of rotatable bonds is 9. The molecule has 1 N–H and O–H groups in total. The molecule has 4 rings (SSSR count). The van der Waals surface area contributed by atoms with Crippen molar-refractivity contribution in [1.29, 1.82) is 0 Å². The molecule has 0 radical (unpaired) electrons. The number of halogens is 1. The van der Waals surface area contributed by atoms with Gasteiger partial charge in [-0.15, -0.1) is 12.4 Å². The highest BCUT2D eigenvalue weighted by Gasteiger charge is 2.36. The van der Waals surface area contributed by atoms with Gasteiger partial charge in [0.1, 0.15) is 6.10 Å². The van der Waals surface area contributed by atoms with Crippen LogP contribution >= 0.6 is 12.4 Å². The lowest BCUT2D eigenvalue weighted by Crippen LogP contribution is -2.43. The minimum absolute atomic E-state index is 0. The molecule has 1 amide bonds. The van der Waals surface area contributed by atoms with Crippen molar-refractivity contribution in [2.24, 2.45) is 5.92 Å². The number of carbonyl (C=O) groups is 1. The van der Waals surface area contributed by atoms with E-state index in [0.717, 1.165) is 74.4 Å². The second-order valence-electron chi connectivity index (χ2n) is 8.68. The molecule has 6 nitrogen and oxygen atoms in total. The van der Waals surface area contributed by atoms with Crippen molar-refractivity contribution in [3.63, 3.8) is 0 Å². The zero-order valence-electron chi connectivity index (χ0n) is 19.5. The van der Waals surface area contributed by atoms with Gasteiger partial charge in [-0.2, -0.15) is 0 Å². The van der Waals surface area contributed by atoms with E-state index < -0.39 is 0 Å². The Hall–Kier alpha value is -2.28. The van der Waals surface area contributed by atoms with E-state index >= 15 is 0 Å². The van der Waals surface area contributed by atoms with Gasteiger partial charge in [-0.05, 0) is 55.5 Å². The Morgan fingerprint density at radius 2 is 1.85 bits per heavy atom. The largest absolute Gasteiger partial charge is 0.493 e. The number of nitrogens with zero attached hydrogens (tertiary/aromatic N) is 1. The average Bonchev–Trinajstić information content (AvgIpc) is 2.86. The highest BCUT2D eigenvalue weighted by atomic mass is 35.5. The van der Waals surface area contributed by atoms with E-state index in [2.05, 4.69) is 40.5 Å². The van der Waals surface area contributed by atoms with Crippen LogP contribution in [0.3, 0.4) is 0 Å². The zero-order valence-corrected chi connectivity index (χ0v) is 20.3. The molecule has 2 aromatic rings. The summed E-state index contributed by atoms with van der Waals surface area (Å²) >= 11 is 0. The molecule has 7 heteroatoms. The summed E-state index contributed by atoms with van der Waals surface area (Å²) in [5.41, 5.74) is 3.62. The lowest BCUT2D eigenvalue weighted by atomic mass is 9.83. The number of methoxy groups -OCH3 is 2. The molecule has 33 heavy (non-hydrogen) atoms. The van der Waals surface area contributed by atoms with Gasteiger partial charge in [-0.3, -0.25) is 4.79 Å². The number of amides is 1. The van der Waals surface area contributed by atoms with Crippen LogP contribution in [0.15, 0.2) is 42.5 Å². The van der Waals surface area contributed by atoms with E-state index in [9.17, 15) is 4.79 Å². The van der Waals surface area contributed by atoms with Crippen LogP contribution < -0.4 is 14.8 Å². The maximum Gasteiger partial charge on any atom is 0.207 e. The summed E-state index contributed by atoms with van der Waals surface area (Å²) in [6, 6.07) is 14.7. The van der Waals surface area contributed by atoms with Gasteiger partial charge in [0.15, 0.2) is 11.5 Å². The van der Waals surface area contributed by atoms with Gasteiger partial charge in [0.05, 0.1) is 20.3 Å². The van der Waals surface area contributed by atoms with Crippen LogP contribution in [0.5, 0.6) is 11.5 Å². The molecule has 0 aromatic heterocycles. The van der Waals surface area contributed by atoms with Gasteiger partial charge in [-0.1, -0.05) is 36.4 Å². The van der Waals surface area contributed by atoms with Crippen molar-refractivity contribution in [1.82, 2.24) is 10.2 Å². The Balaban J connectivity index is 0.00000306. The van der Waals surface area contributed by atoms with E-state index in [1.54, 1.807) is 14.2 Å². The van der Waals surface area contributed by atoms with Crippen molar-refractivity contribution in [3.8, 4) is 11.5 Å². The smallest absolute Gasteiger partial charge is 0.207 e. The molecule has 0 saturated carbocycles. The Labute approximate surface area is 203 Å². The topological polar surface area (TPSA) is 60.0 Å². The van der Waals surface area contributed by atoms with Gasteiger partial charge in [0.2, 0.25) is 6.41 Å². The number of hydrogen-bond acceptors (Lipinski definition) is 5. The minimum atomic E-state index is -0.176. The first-order valence-electron chi connectivity index (χ1n) is 11.6. The van der Waals surface area contributed by atoms with Crippen molar-refractivity contribution in [3.05, 3.63) is 59.2 Å². The SMILES string of the molecule is COc1ccc2c(c1OC)CC(C1CCN(CCc3ccccc3)CC1)OC2CNC=O.Cl. The third-order valence-corrected chi connectivity index (χ3v) is 6.88. The highest BCUT2D eigenvalue weighted by molar-refractivity contribution is 5.85. The summed E-state index contributed by atoms with van der Waals surface area (Å²) < 4.78 is 17.8. The van der Waals surface area contributed by atoms with Crippen LogP contribution in [0.1, 0.15) is 35.6 Å². The monoisotopic (exact) mass is 474 g/mol. The van der Waals surface area contributed by atoms with Crippen molar-refractivity contribution >= 4 is 18.8 Å². The molecule has 1 fully saturated rings. The summed E-state index contributed by atoms with van der Waals surface area (Å²) in [6.45, 7) is 3.74. The first-order valence-corrected chi connectivity index (χ1v) is 11.6. The fraction of sp³-hybridized carbons (Fsp3) is 0.500. The second-order valence-corrected chi connectivity index (χ2v) is 8.68. The molecular weight excluding hydrogens is 440 g/mol. The number of likely N-dealkylation sites (tertiary alicyclic amines) is 1. The standard InChI is InChI=1S/C26H34N2O4.ClH/c1-30-23-9-8-21-22(26(23)31-2)16-24(32-25(21)17-27-18-29)20-11-14-28(15-12-20)13-10-19-6-4-3-5-7-19;/h3-9,18,20,24-25H,10-17H2,1-2H3,(H,27,29);1H. The molecule has 2 aliphatic rings. The van der Waals surface area contributed by atoms with Gasteiger partial charge < -0.3 is 24.4 Å². The molecule has 2 atom stereocenters. The summed E-state index contributed by atoms with van der Waals surface area (Å²) in [7, 11) is 3.35. The van der Waals surface area contributed by atoms with E-state index in [0.29, 0.717) is 12.5 Å². The number of ether oxygens (including phenoxy) is 3. The molecule has 180 valence electrons. The number of nitrogens with one attached hydrogen (secondary N) is 1. The lowest BCUT2D eigenvalue weighted by Gasteiger charge is -2.41. The molecule has 2 aliphatic heterocycles. The van der Waals surface area contributed by atoms with Crippen LogP contribution in [0, 0.1) is 5.92 Å². The third-order valence-electron chi connectivity index (χ3n) is 6.88. The molecule has 0 spiro atoms. The number of fused-ring (bicyclic) bond motifs is 1. The average molecular weight is 475 g/mol. The van der Waals surface area contributed by atoms with Crippen LogP contribution in [0.4, 0.5) is 0 Å². The Bertz CT molecular complexity index is 887. The molecule has 2 aromatic carbocycles. The van der Waals surface area contributed by atoms with Crippen LogP contribution in [0.2, 0.25) is 0 Å². The molecule has 1 saturated heterocycles. The fourth-order valence-corrected chi connectivity index (χ4v) is 5.12. The predicted molar refractivity (Wildman–Crippen MR) is 131 cm³/mol. The lowest BCUT2D eigenvalue weighted by molar-refractivity contribution is -0.111. The van der Waals surface area contributed by atoms with Crippen molar-refractivity contribution in [2.75, 3.05) is 40.4 Å². The van der Waals surface area contributed by atoms with Crippen LogP contribution in [0.25, 0.3) is 0 Å². The van der Waals surface area contributed by atoms with Crippen LogP contribution in [-0.2, 0) is 22.4 Å². The summed E-state index contributed by atoms with van der Waals surface area (Å²) in [6.07, 6.45) is 4.81. The first kappa shape index (κ1) is 25.3. The molecule has 2 heterocycles. The van der Waals surface area contributed by atoms with Crippen LogP contribution in [-0.4, -0.2) is 57.8 Å². The summed E-state index contributed by atoms with van der Waals surface area (Å²) in [4.78, 5) is 13.5. The van der Waals surface area contributed by atoms with E-state index in [1.165, 1.54) is 5.56 Å². The van der Waals surface area contributed by atoms with Gasteiger partial charge in [-0.25, -0.2) is 0 Å². The normalized spacial score (nSPS) is 20.9. The fourth-order valence-electron chi connectivity index (χ4n) is 5.12. The van der Waals surface area contributed by atoms with E-state index in [-0.39, 0.29) is 24.6 Å². The Morgan fingerprint density at radius 1 is 1.09 bits per heavy atom. The molecule has 2 unspecified atom stereocenters. The minimum Gasteiger partial charge on any atom is -0.493 e. The first-order chi connectivity index (χ1) is 15.7. The summed E-state index contributed by atoms with van der Waals surface area (Å²) in [5, 5.41) is 2.80. The van der Waals surface area contributed by atoms with Crippen molar-refractivity contribution in [2.45, 2.75) is 37.9 Å². The second kappa shape index (κ2) is 12.3.